The normalized spacial score (nSPS) is 11.5. The van der Waals surface area contributed by atoms with Crippen molar-refractivity contribution in [1.29, 1.82) is 0 Å². The zero-order chi connectivity index (χ0) is 26.8. The first-order chi connectivity index (χ1) is 19.7. The van der Waals surface area contributed by atoms with Gasteiger partial charge in [0.1, 0.15) is 0 Å². The second-order valence-corrected chi connectivity index (χ2v) is 11.4. The topological polar surface area (TPSA) is 17.8 Å². The summed E-state index contributed by atoms with van der Waals surface area (Å²) in [5, 5.41) is 5.35. The molecular formula is C37H25IrN2S-. The molecule has 199 valence electrons. The number of pyridine rings is 1. The molecule has 0 bridgehead atoms. The number of thiophene rings is 1. The van der Waals surface area contributed by atoms with Gasteiger partial charge in [-0.15, -0.1) is 46.7 Å². The molecule has 0 saturated carbocycles. The van der Waals surface area contributed by atoms with Crippen molar-refractivity contribution < 1.29 is 20.1 Å². The van der Waals surface area contributed by atoms with Gasteiger partial charge in [0.25, 0.3) is 0 Å². The van der Waals surface area contributed by atoms with E-state index < -0.39 is 0 Å². The standard InChI is InChI=1S/C37H25N2S.Ir/c1-23-34-30-22-26(25-11-10-12-27(21-25)31-16-8-9-20-38-31)18-19-32(30)39(28-13-4-3-5-14-28)36(34)24(2)37-35(23)29-15-6-7-17-33(29)40-37;/h3-11,13-22H,1-2H3;/q-1;. The van der Waals surface area contributed by atoms with Crippen molar-refractivity contribution in [3.63, 3.8) is 0 Å². The molecule has 0 unspecified atom stereocenters. The fourth-order valence-corrected chi connectivity index (χ4v) is 7.54. The predicted octanol–water partition coefficient (Wildman–Crippen LogP) is 10.3. The molecule has 0 N–H and O–H groups in total. The van der Waals surface area contributed by atoms with Crippen LogP contribution in [-0.2, 0) is 20.1 Å². The molecule has 2 nitrogen and oxygen atoms in total. The van der Waals surface area contributed by atoms with E-state index in [2.05, 4.69) is 114 Å². The van der Waals surface area contributed by atoms with Crippen LogP contribution in [0.3, 0.4) is 0 Å². The van der Waals surface area contributed by atoms with Crippen molar-refractivity contribution >= 4 is 53.3 Å². The summed E-state index contributed by atoms with van der Waals surface area (Å²) in [6, 6.07) is 42.2. The van der Waals surface area contributed by atoms with E-state index >= 15 is 0 Å². The van der Waals surface area contributed by atoms with E-state index in [1.807, 2.05) is 41.8 Å². The zero-order valence-corrected chi connectivity index (χ0v) is 25.8. The number of hydrogen-bond acceptors (Lipinski definition) is 2. The predicted molar refractivity (Wildman–Crippen MR) is 171 cm³/mol. The second-order valence-electron chi connectivity index (χ2n) is 10.4. The minimum Gasteiger partial charge on any atom is -0.309 e. The van der Waals surface area contributed by atoms with Crippen LogP contribution in [0.25, 0.3) is 70.0 Å². The Balaban J connectivity index is 0.00000276. The third-order valence-electron chi connectivity index (χ3n) is 8.10. The van der Waals surface area contributed by atoms with E-state index in [1.54, 1.807) is 0 Å². The minimum absolute atomic E-state index is 0. The maximum absolute atomic E-state index is 4.55. The number of benzene rings is 5. The summed E-state index contributed by atoms with van der Waals surface area (Å²) in [5.74, 6) is 0. The van der Waals surface area contributed by atoms with Crippen molar-refractivity contribution in [2.24, 2.45) is 0 Å². The number of rotatable bonds is 3. The number of aryl methyl sites for hydroxylation is 2. The van der Waals surface area contributed by atoms with Gasteiger partial charge in [-0.1, -0.05) is 54.6 Å². The van der Waals surface area contributed by atoms with Crippen molar-refractivity contribution in [2.45, 2.75) is 13.8 Å². The van der Waals surface area contributed by atoms with E-state index in [0.29, 0.717) is 0 Å². The third-order valence-corrected chi connectivity index (χ3v) is 9.39. The van der Waals surface area contributed by atoms with Crippen LogP contribution in [0, 0.1) is 19.9 Å². The summed E-state index contributed by atoms with van der Waals surface area (Å²) < 4.78 is 5.18. The van der Waals surface area contributed by atoms with Gasteiger partial charge in [-0.05, 0) is 72.6 Å². The number of hydrogen-bond donors (Lipinski definition) is 0. The van der Waals surface area contributed by atoms with E-state index in [1.165, 1.54) is 69.9 Å². The molecule has 0 aliphatic carbocycles. The molecule has 0 spiro atoms. The molecule has 0 fully saturated rings. The fourth-order valence-electron chi connectivity index (χ4n) is 6.28. The fraction of sp³-hybridized carbons (Fsp3) is 0.0541. The molecule has 8 aromatic rings. The van der Waals surface area contributed by atoms with E-state index in [-0.39, 0.29) is 20.1 Å². The van der Waals surface area contributed by atoms with Gasteiger partial charge in [0.2, 0.25) is 0 Å². The number of nitrogens with zero attached hydrogens (tertiary/aromatic N) is 2. The van der Waals surface area contributed by atoms with Crippen LogP contribution < -0.4 is 0 Å². The number of aromatic nitrogens is 2. The van der Waals surface area contributed by atoms with Gasteiger partial charge in [0.05, 0.1) is 11.0 Å². The van der Waals surface area contributed by atoms with E-state index in [4.69, 9.17) is 0 Å². The van der Waals surface area contributed by atoms with Crippen LogP contribution >= 0.6 is 11.3 Å². The summed E-state index contributed by atoms with van der Waals surface area (Å²) in [5.41, 5.74) is 10.7. The summed E-state index contributed by atoms with van der Waals surface area (Å²) in [6.45, 7) is 4.60. The monoisotopic (exact) mass is 722 g/mol. The number of para-hydroxylation sites is 1. The Morgan fingerprint density at radius 2 is 1.49 bits per heavy atom. The Morgan fingerprint density at radius 3 is 2.32 bits per heavy atom. The molecule has 0 aliphatic heterocycles. The molecule has 8 rings (SSSR count). The molecule has 0 saturated heterocycles. The molecular weight excluding hydrogens is 697 g/mol. The van der Waals surface area contributed by atoms with Gasteiger partial charge in [-0.2, -0.15) is 0 Å². The second kappa shape index (κ2) is 10.1. The first-order valence-electron chi connectivity index (χ1n) is 13.6. The van der Waals surface area contributed by atoms with Gasteiger partial charge in [0, 0.05) is 62.9 Å². The van der Waals surface area contributed by atoms with Crippen LogP contribution in [0.2, 0.25) is 0 Å². The quantitative estimate of drug-likeness (QED) is 0.166. The molecule has 3 heterocycles. The van der Waals surface area contributed by atoms with Crippen LogP contribution in [0.5, 0.6) is 0 Å². The summed E-state index contributed by atoms with van der Waals surface area (Å²) >= 11 is 1.91. The zero-order valence-electron chi connectivity index (χ0n) is 22.6. The average molecular weight is 722 g/mol. The minimum atomic E-state index is 0. The van der Waals surface area contributed by atoms with Gasteiger partial charge < -0.3 is 9.55 Å². The van der Waals surface area contributed by atoms with Gasteiger partial charge in [-0.25, -0.2) is 0 Å². The van der Waals surface area contributed by atoms with Crippen LogP contribution in [0.1, 0.15) is 11.1 Å². The molecule has 5 aromatic carbocycles. The van der Waals surface area contributed by atoms with Crippen LogP contribution in [0.4, 0.5) is 0 Å². The molecule has 0 aliphatic rings. The SMILES string of the molecule is Cc1c2c(sc3ccccc32)c(C)c2c1c1cc(-c3cc[c-]c(-c4ccccn4)c3)ccc1n2-c1ccccc1.[Ir]. The third kappa shape index (κ3) is 3.98. The van der Waals surface area contributed by atoms with Gasteiger partial charge in [-0.3, -0.25) is 0 Å². The Hall–Kier alpha value is -4.08. The van der Waals surface area contributed by atoms with Crippen LogP contribution in [-0.4, -0.2) is 9.55 Å². The summed E-state index contributed by atoms with van der Waals surface area (Å²) in [6.07, 6.45) is 1.83. The van der Waals surface area contributed by atoms with Gasteiger partial charge in [0.15, 0.2) is 0 Å². The molecule has 41 heavy (non-hydrogen) atoms. The Kier molecular flexibility index (Phi) is 6.36. The Bertz CT molecular complexity index is 2230. The van der Waals surface area contributed by atoms with Crippen LogP contribution in [0.15, 0.2) is 115 Å². The summed E-state index contributed by atoms with van der Waals surface area (Å²) in [7, 11) is 0. The maximum atomic E-state index is 4.55. The van der Waals surface area contributed by atoms with Gasteiger partial charge >= 0.3 is 0 Å². The molecule has 1 radical (unpaired) electrons. The first-order valence-corrected chi connectivity index (χ1v) is 14.4. The van der Waals surface area contributed by atoms with Crippen molar-refractivity contribution in [3.8, 4) is 28.1 Å². The van der Waals surface area contributed by atoms with E-state index in [9.17, 15) is 0 Å². The maximum Gasteiger partial charge on any atom is 0.0587 e. The van der Waals surface area contributed by atoms with Crippen molar-refractivity contribution in [3.05, 3.63) is 133 Å². The molecule has 4 heteroatoms. The van der Waals surface area contributed by atoms with Crippen molar-refractivity contribution in [1.82, 2.24) is 9.55 Å². The molecule has 0 atom stereocenters. The molecule has 0 amide bonds. The largest absolute Gasteiger partial charge is 0.309 e. The van der Waals surface area contributed by atoms with Crippen molar-refractivity contribution in [2.75, 3.05) is 0 Å². The Labute approximate surface area is 256 Å². The molecule has 3 aromatic heterocycles. The van der Waals surface area contributed by atoms with E-state index in [0.717, 1.165) is 11.3 Å². The number of fused-ring (bicyclic) bond motifs is 6. The smallest absolute Gasteiger partial charge is 0.0587 e. The first kappa shape index (κ1) is 25.9. The summed E-state index contributed by atoms with van der Waals surface area (Å²) in [4.78, 5) is 4.55. The average Bonchev–Trinajstić information content (AvgIpc) is 3.58. The Morgan fingerprint density at radius 1 is 0.707 bits per heavy atom.